The number of nitrogens with zero attached hydrogens (tertiary/aromatic N) is 1. The maximum absolute atomic E-state index is 11.6. The van der Waals surface area contributed by atoms with Gasteiger partial charge in [-0.2, -0.15) is 0 Å². The van der Waals surface area contributed by atoms with Crippen molar-refractivity contribution < 1.29 is 9.84 Å². The zero-order chi connectivity index (χ0) is 13.7. The second-order valence-corrected chi connectivity index (χ2v) is 3.95. The third kappa shape index (κ3) is 3.21. The number of aliphatic hydroxyl groups excluding tert-OH is 1. The Balaban J connectivity index is 2.11. The molecule has 0 aliphatic rings. The number of anilines is 2. The molecule has 2 aromatic rings. The number of aromatic amines is 1. The molecule has 1 aromatic carbocycles. The average molecular weight is 264 g/mol. The smallest absolute Gasteiger partial charge is 0.258 e. The van der Waals surface area contributed by atoms with Crippen LogP contribution < -0.4 is 16.6 Å². The molecule has 19 heavy (non-hydrogen) atoms. The zero-order valence-electron chi connectivity index (χ0n) is 10.3. The number of rotatable bonds is 6. The molecule has 0 unspecified atom stereocenters. The van der Waals surface area contributed by atoms with E-state index >= 15 is 0 Å². The van der Waals surface area contributed by atoms with Gasteiger partial charge >= 0.3 is 0 Å². The van der Waals surface area contributed by atoms with Gasteiger partial charge in [0.15, 0.2) is 0 Å². The first kappa shape index (κ1) is 13.3. The van der Waals surface area contributed by atoms with Gasteiger partial charge in [-0.05, 0) is 12.1 Å². The van der Waals surface area contributed by atoms with Crippen molar-refractivity contribution in [2.45, 2.75) is 0 Å². The largest absolute Gasteiger partial charge is 0.397 e. The van der Waals surface area contributed by atoms with Crippen molar-refractivity contribution in [1.29, 1.82) is 0 Å². The van der Waals surface area contributed by atoms with E-state index in [1.807, 2.05) is 0 Å². The molecule has 7 nitrogen and oxygen atoms in total. The lowest BCUT2D eigenvalue weighted by Gasteiger charge is -2.10. The predicted octanol–water partition coefficient (Wildman–Crippen LogP) is -0.0739. The van der Waals surface area contributed by atoms with E-state index in [2.05, 4.69) is 15.3 Å². The summed E-state index contributed by atoms with van der Waals surface area (Å²) >= 11 is 0. The quantitative estimate of drug-likeness (QED) is 0.429. The van der Waals surface area contributed by atoms with Crippen LogP contribution >= 0.6 is 0 Å². The topological polar surface area (TPSA) is 113 Å². The fourth-order valence-corrected chi connectivity index (χ4v) is 1.71. The van der Waals surface area contributed by atoms with Gasteiger partial charge in [0.05, 0.1) is 48.4 Å². The van der Waals surface area contributed by atoms with Gasteiger partial charge in [0.25, 0.3) is 5.56 Å². The SMILES string of the molecule is Nc1cc2c(=O)[nH]cnc2cc1NCCOCCO. The van der Waals surface area contributed by atoms with Gasteiger partial charge in [0, 0.05) is 6.54 Å². The number of hydrogen-bond acceptors (Lipinski definition) is 6. The van der Waals surface area contributed by atoms with Crippen LogP contribution in [0.4, 0.5) is 11.4 Å². The maximum Gasteiger partial charge on any atom is 0.258 e. The van der Waals surface area contributed by atoms with E-state index in [4.69, 9.17) is 15.6 Å². The third-order valence-corrected chi connectivity index (χ3v) is 2.61. The van der Waals surface area contributed by atoms with Crippen LogP contribution in [0.25, 0.3) is 10.9 Å². The first-order valence-corrected chi connectivity index (χ1v) is 5.92. The molecule has 0 fully saturated rings. The molecule has 102 valence electrons. The summed E-state index contributed by atoms with van der Waals surface area (Å²) in [5.41, 5.74) is 7.43. The summed E-state index contributed by atoms with van der Waals surface area (Å²) in [7, 11) is 0. The maximum atomic E-state index is 11.6. The van der Waals surface area contributed by atoms with Gasteiger partial charge in [-0.25, -0.2) is 4.98 Å². The second kappa shape index (κ2) is 6.17. The predicted molar refractivity (Wildman–Crippen MR) is 73.2 cm³/mol. The van der Waals surface area contributed by atoms with Crippen LogP contribution in [0, 0.1) is 0 Å². The van der Waals surface area contributed by atoms with Crippen molar-refractivity contribution in [3.05, 3.63) is 28.8 Å². The van der Waals surface area contributed by atoms with Gasteiger partial charge in [-0.15, -0.1) is 0 Å². The van der Waals surface area contributed by atoms with Gasteiger partial charge in [-0.1, -0.05) is 0 Å². The highest BCUT2D eigenvalue weighted by molar-refractivity contribution is 5.88. The number of nitrogens with one attached hydrogen (secondary N) is 2. The molecule has 0 aliphatic carbocycles. The van der Waals surface area contributed by atoms with Crippen molar-refractivity contribution >= 4 is 22.3 Å². The molecular weight excluding hydrogens is 248 g/mol. The fraction of sp³-hybridized carbons (Fsp3) is 0.333. The Kier molecular flexibility index (Phi) is 4.32. The molecule has 5 N–H and O–H groups in total. The summed E-state index contributed by atoms with van der Waals surface area (Å²) in [6, 6.07) is 3.32. The van der Waals surface area contributed by atoms with Gasteiger partial charge < -0.3 is 25.9 Å². The molecule has 0 amide bonds. The summed E-state index contributed by atoms with van der Waals surface area (Å²) in [5.74, 6) is 0. The summed E-state index contributed by atoms with van der Waals surface area (Å²) in [6.07, 6.45) is 1.36. The minimum absolute atomic E-state index is 0.00477. The van der Waals surface area contributed by atoms with E-state index in [9.17, 15) is 4.79 Å². The Hall–Kier alpha value is -2.12. The molecule has 1 aromatic heterocycles. The van der Waals surface area contributed by atoms with Crippen LogP contribution in [0.2, 0.25) is 0 Å². The molecule has 0 spiro atoms. The molecule has 1 heterocycles. The van der Waals surface area contributed by atoms with Crippen molar-refractivity contribution in [3.63, 3.8) is 0 Å². The minimum atomic E-state index is -0.213. The van der Waals surface area contributed by atoms with Crippen LogP contribution in [0.5, 0.6) is 0 Å². The Bertz CT molecular complexity index is 611. The molecule has 0 atom stereocenters. The van der Waals surface area contributed by atoms with Crippen molar-refractivity contribution in [1.82, 2.24) is 9.97 Å². The standard InChI is InChI=1S/C12H16N4O3/c13-9-5-8-10(15-7-16-12(8)18)6-11(9)14-1-3-19-4-2-17/h5-7,14,17H,1-4,13H2,(H,15,16,18). The Labute approximate surface area is 109 Å². The van der Waals surface area contributed by atoms with E-state index < -0.39 is 0 Å². The number of nitrogen functional groups attached to an aromatic ring is 1. The van der Waals surface area contributed by atoms with Crippen molar-refractivity contribution in [3.8, 4) is 0 Å². The lowest BCUT2D eigenvalue weighted by atomic mass is 10.2. The van der Waals surface area contributed by atoms with E-state index in [-0.39, 0.29) is 12.2 Å². The Morgan fingerprint density at radius 3 is 3.05 bits per heavy atom. The summed E-state index contributed by atoms with van der Waals surface area (Å²) in [5, 5.41) is 12.1. The molecule has 0 saturated heterocycles. The van der Waals surface area contributed by atoms with Crippen LogP contribution in [0.1, 0.15) is 0 Å². The summed E-state index contributed by atoms with van der Waals surface area (Å²) < 4.78 is 5.13. The van der Waals surface area contributed by atoms with E-state index in [1.165, 1.54) is 6.33 Å². The van der Waals surface area contributed by atoms with E-state index in [0.29, 0.717) is 42.0 Å². The minimum Gasteiger partial charge on any atom is -0.397 e. The third-order valence-electron chi connectivity index (χ3n) is 2.61. The van der Waals surface area contributed by atoms with Crippen LogP contribution in [0.15, 0.2) is 23.3 Å². The number of nitrogens with two attached hydrogens (primary N) is 1. The van der Waals surface area contributed by atoms with Crippen LogP contribution in [0.3, 0.4) is 0 Å². The van der Waals surface area contributed by atoms with Crippen molar-refractivity contribution in [2.75, 3.05) is 37.4 Å². The Morgan fingerprint density at radius 1 is 1.42 bits per heavy atom. The highest BCUT2D eigenvalue weighted by Gasteiger charge is 2.05. The second-order valence-electron chi connectivity index (χ2n) is 3.95. The molecular formula is C12H16N4O3. The first-order valence-electron chi connectivity index (χ1n) is 5.92. The molecule has 0 bridgehead atoms. The number of fused-ring (bicyclic) bond motifs is 1. The average Bonchev–Trinajstić information content (AvgIpc) is 2.40. The zero-order valence-corrected chi connectivity index (χ0v) is 10.3. The van der Waals surface area contributed by atoms with Crippen LogP contribution in [-0.2, 0) is 4.74 Å². The number of aromatic nitrogens is 2. The molecule has 7 heteroatoms. The number of H-pyrrole nitrogens is 1. The summed E-state index contributed by atoms with van der Waals surface area (Å²) in [4.78, 5) is 18.1. The number of benzene rings is 1. The van der Waals surface area contributed by atoms with E-state index in [1.54, 1.807) is 12.1 Å². The van der Waals surface area contributed by atoms with Gasteiger partial charge in [0.1, 0.15) is 0 Å². The number of ether oxygens (including phenoxy) is 1. The normalized spacial score (nSPS) is 10.8. The first-order chi connectivity index (χ1) is 9.22. The molecule has 0 radical (unpaired) electrons. The van der Waals surface area contributed by atoms with Gasteiger partial charge in [0.2, 0.25) is 0 Å². The lowest BCUT2D eigenvalue weighted by molar-refractivity contribution is 0.0992. The number of aliphatic hydroxyl groups is 1. The summed E-state index contributed by atoms with van der Waals surface area (Å²) in [6.45, 7) is 1.33. The highest BCUT2D eigenvalue weighted by atomic mass is 16.5. The van der Waals surface area contributed by atoms with Crippen molar-refractivity contribution in [2.24, 2.45) is 0 Å². The fourth-order valence-electron chi connectivity index (χ4n) is 1.71. The molecule has 0 aliphatic heterocycles. The molecule has 2 rings (SSSR count). The lowest BCUT2D eigenvalue weighted by Crippen LogP contribution is -2.13. The number of hydrogen-bond donors (Lipinski definition) is 4. The van der Waals surface area contributed by atoms with E-state index in [0.717, 1.165) is 0 Å². The van der Waals surface area contributed by atoms with Crippen LogP contribution in [-0.4, -0.2) is 41.4 Å². The monoisotopic (exact) mass is 264 g/mol. The molecule has 0 saturated carbocycles. The highest BCUT2D eigenvalue weighted by Crippen LogP contribution is 2.22. The Morgan fingerprint density at radius 2 is 2.26 bits per heavy atom. The van der Waals surface area contributed by atoms with Gasteiger partial charge in [-0.3, -0.25) is 4.79 Å².